The summed E-state index contributed by atoms with van der Waals surface area (Å²) < 4.78 is 0. The third kappa shape index (κ3) is 3.76. The maximum Gasteiger partial charge on any atom is 0.0621 e. The Morgan fingerprint density at radius 3 is 2.31 bits per heavy atom. The summed E-state index contributed by atoms with van der Waals surface area (Å²) in [4.78, 5) is 0. The molecule has 0 saturated carbocycles. The van der Waals surface area contributed by atoms with Crippen LogP contribution in [0.15, 0.2) is 17.3 Å². The van der Waals surface area contributed by atoms with Gasteiger partial charge in [-0.05, 0) is 24.3 Å². The lowest BCUT2D eigenvalue weighted by Gasteiger charge is -2.28. The van der Waals surface area contributed by atoms with Gasteiger partial charge in [-0.3, -0.25) is 0 Å². The molecule has 3 heteroatoms. The van der Waals surface area contributed by atoms with Crippen molar-refractivity contribution in [1.29, 1.82) is 0 Å². The van der Waals surface area contributed by atoms with E-state index in [0.717, 1.165) is 27.9 Å². The van der Waals surface area contributed by atoms with Crippen molar-refractivity contribution in [1.82, 2.24) is 0 Å². The summed E-state index contributed by atoms with van der Waals surface area (Å²) >= 11 is 0. The van der Waals surface area contributed by atoms with Crippen LogP contribution in [0.25, 0.3) is 0 Å². The summed E-state index contributed by atoms with van der Waals surface area (Å²) in [5, 5.41) is 12.4. The zero-order valence-corrected chi connectivity index (χ0v) is 11.4. The van der Waals surface area contributed by atoms with Gasteiger partial charge >= 0.3 is 0 Å². The van der Waals surface area contributed by atoms with Gasteiger partial charge in [-0.1, -0.05) is 31.5 Å². The van der Waals surface area contributed by atoms with E-state index >= 15 is 0 Å². The molecule has 1 N–H and O–H groups in total. The molecule has 0 rings (SSSR count). The number of hydrogen-bond donors (Lipinski definition) is 1. The lowest BCUT2D eigenvalue weighted by molar-refractivity contribution is 0.312. The van der Waals surface area contributed by atoms with Gasteiger partial charge in [-0.2, -0.15) is 0 Å². The molecule has 1 unspecified atom stereocenters. The first-order chi connectivity index (χ1) is 5.81. The molecule has 1 atom stereocenters. The van der Waals surface area contributed by atoms with Crippen molar-refractivity contribution < 1.29 is 5.21 Å². The molecule has 2 nitrogen and oxygen atoms in total. The van der Waals surface area contributed by atoms with E-state index in [1.807, 2.05) is 6.92 Å². The summed E-state index contributed by atoms with van der Waals surface area (Å²) in [7, 11) is 0.985. The average molecular weight is 199 g/mol. The zero-order chi connectivity index (χ0) is 10.6. The van der Waals surface area contributed by atoms with Gasteiger partial charge in [-0.15, -0.1) is 6.58 Å². The molecule has 13 heavy (non-hydrogen) atoms. The minimum atomic E-state index is 0.0503. The quantitative estimate of drug-likeness (QED) is 0.243. The third-order valence-corrected chi connectivity index (χ3v) is 2.96. The molecular weight excluding hydrogens is 178 g/mol. The molecule has 0 aliphatic carbocycles. The fourth-order valence-electron chi connectivity index (χ4n) is 1.88. The Morgan fingerprint density at radius 1 is 1.62 bits per heavy atom. The van der Waals surface area contributed by atoms with E-state index in [1.165, 1.54) is 0 Å². The van der Waals surface area contributed by atoms with Crippen LogP contribution < -0.4 is 0 Å². The van der Waals surface area contributed by atoms with Gasteiger partial charge in [0.15, 0.2) is 0 Å². The van der Waals surface area contributed by atoms with Crippen molar-refractivity contribution in [2.45, 2.75) is 39.2 Å². The number of allylic oxidation sites excluding steroid dienone is 1. The molecule has 0 aromatic heterocycles. The van der Waals surface area contributed by atoms with E-state index in [-0.39, 0.29) is 5.04 Å². The first-order valence-electron chi connectivity index (χ1n) is 4.68. The van der Waals surface area contributed by atoms with Gasteiger partial charge in [0, 0.05) is 10.2 Å². The van der Waals surface area contributed by atoms with Crippen LogP contribution in [0.1, 0.15) is 34.1 Å². The molecule has 0 aromatic carbocycles. The van der Waals surface area contributed by atoms with Crippen LogP contribution in [0, 0.1) is 5.92 Å². The van der Waals surface area contributed by atoms with Crippen LogP contribution in [-0.2, 0) is 0 Å². The summed E-state index contributed by atoms with van der Waals surface area (Å²) in [6.07, 6.45) is 0.927. The van der Waals surface area contributed by atoms with E-state index in [4.69, 9.17) is 5.21 Å². The topological polar surface area (TPSA) is 32.6 Å². The fourth-order valence-corrected chi connectivity index (χ4v) is 3.16. The van der Waals surface area contributed by atoms with Crippen molar-refractivity contribution in [2.24, 2.45) is 11.1 Å². The van der Waals surface area contributed by atoms with Gasteiger partial charge in [0.2, 0.25) is 0 Å². The molecule has 0 saturated heterocycles. The molecule has 0 aliphatic heterocycles. The monoisotopic (exact) mass is 199 g/mol. The van der Waals surface area contributed by atoms with Crippen LogP contribution in [-0.4, -0.2) is 21.2 Å². The SMILES string of the molecule is C=C(C)CC(C)([SiH3])C(=NO)C(C)C. The molecule has 0 aromatic rings. The Kier molecular flexibility index (Phi) is 4.40. The summed E-state index contributed by atoms with van der Waals surface area (Å²) in [5.41, 5.74) is 2.06. The second-order valence-electron chi connectivity index (χ2n) is 4.66. The second kappa shape index (κ2) is 4.60. The van der Waals surface area contributed by atoms with Gasteiger partial charge in [0.25, 0.3) is 0 Å². The van der Waals surface area contributed by atoms with Crippen molar-refractivity contribution in [3.63, 3.8) is 0 Å². The molecule has 0 amide bonds. The Labute approximate surface area is 84.1 Å². The fraction of sp³-hybridized carbons (Fsp3) is 0.700. The number of oxime groups is 1. The van der Waals surface area contributed by atoms with Crippen molar-refractivity contribution in [3.8, 4) is 0 Å². The number of nitrogens with zero attached hydrogens (tertiary/aromatic N) is 1. The van der Waals surface area contributed by atoms with E-state index in [2.05, 4.69) is 32.5 Å². The van der Waals surface area contributed by atoms with E-state index in [0.29, 0.717) is 5.92 Å². The van der Waals surface area contributed by atoms with Crippen molar-refractivity contribution in [3.05, 3.63) is 12.2 Å². The van der Waals surface area contributed by atoms with Crippen LogP contribution in [0.5, 0.6) is 0 Å². The Balaban J connectivity index is 4.68. The Hall–Kier alpha value is -0.573. The molecule has 0 bridgehead atoms. The maximum absolute atomic E-state index is 8.93. The van der Waals surface area contributed by atoms with Crippen LogP contribution >= 0.6 is 0 Å². The summed E-state index contributed by atoms with van der Waals surface area (Å²) in [6, 6.07) is 0. The lowest BCUT2D eigenvalue weighted by atomic mass is 9.90. The normalized spacial score (nSPS) is 17.5. The summed E-state index contributed by atoms with van der Waals surface area (Å²) in [6.45, 7) is 12.2. The van der Waals surface area contributed by atoms with Crippen LogP contribution in [0.3, 0.4) is 0 Å². The standard InChI is InChI=1S/C10H21NOSi/c1-7(2)6-10(5,13)9(11-12)8(3)4/h8,12H,1,6H2,2-5,13H3. The van der Waals surface area contributed by atoms with Crippen molar-refractivity contribution in [2.75, 3.05) is 0 Å². The second-order valence-corrected chi connectivity index (χ2v) is 6.86. The highest BCUT2D eigenvalue weighted by atomic mass is 28.1. The largest absolute Gasteiger partial charge is 0.411 e. The van der Waals surface area contributed by atoms with Gasteiger partial charge in [0.1, 0.15) is 0 Å². The van der Waals surface area contributed by atoms with Gasteiger partial charge < -0.3 is 5.21 Å². The summed E-state index contributed by atoms with van der Waals surface area (Å²) in [5.74, 6) is 0.312. The van der Waals surface area contributed by atoms with E-state index < -0.39 is 0 Å². The van der Waals surface area contributed by atoms with Crippen LogP contribution in [0.2, 0.25) is 5.04 Å². The third-order valence-electron chi connectivity index (χ3n) is 2.09. The molecule has 76 valence electrons. The minimum Gasteiger partial charge on any atom is -0.411 e. The van der Waals surface area contributed by atoms with Gasteiger partial charge in [-0.25, -0.2) is 0 Å². The predicted molar refractivity (Wildman–Crippen MR) is 61.8 cm³/mol. The zero-order valence-electron chi connectivity index (χ0n) is 9.39. The smallest absolute Gasteiger partial charge is 0.0621 e. The highest BCUT2D eigenvalue weighted by molar-refractivity contribution is 6.29. The molecule has 0 radical (unpaired) electrons. The Morgan fingerprint density at radius 2 is 2.08 bits per heavy atom. The number of hydrogen-bond acceptors (Lipinski definition) is 2. The molecular formula is C10H21NOSi. The number of rotatable bonds is 4. The highest BCUT2D eigenvalue weighted by Crippen LogP contribution is 2.33. The average Bonchev–Trinajstić information content (AvgIpc) is 1.82. The predicted octanol–water partition coefficient (Wildman–Crippen LogP) is 1.98. The van der Waals surface area contributed by atoms with E-state index in [9.17, 15) is 0 Å². The lowest BCUT2D eigenvalue weighted by Crippen LogP contribution is -2.26. The molecule has 0 heterocycles. The minimum absolute atomic E-state index is 0.0503. The highest BCUT2D eigenvalue weighted by Gasteiger charge is 2.27. The Bertz CT molecular complexity index is 219. The van der Waals surface area contributed by atoms with Crippen molar-refractivity contribution >= 4 is 16.0 Å². The first kappa shape index (κ1) is 12.4. The van der Waals surface area contributed by atoms with E-state index in [1.54, 1.807) is 0 Å². The van der Waals surface area contributed by atoms with Gasteiger partial charge in [0.05, 0.1) is 5.71 Å². The molecule has 0 fully saturated rings. The maximum atomic E-state index is 8.93. The molecule has 0 aliphatic rings. The van der Waals surface area contributed by atoms with Crippen LogP contribution in [0.4, 0.5) is 0 Å². The first-order valence-corrected chi connectivity index (χ1v) is 5.68. The molecule has 0 spiro atoms.